The summed E-state index contributed by atoms with van der Waals surface area (Å²) in [5, 5.41) is 4.60. The molecule has 2 rings (SSSR count). The summed E-state index contributed by atoms with van der Waals surface area (Å²) in [7, 11) is 1.87. The normalized spacial score (nSPS) is 17.2. The molecule has 0 aliphatic heterocycles. The molecule has 1 aliphatic rings. The smallest absolute Gasteiger partial charge is 0.312 e. The third-order valence-electron chi connectivity index (χ3n) is 4.10. The van der Waals surface area contributed by atoms with Gasteiger partial charge in [0, 0.05) is 18.0 Å². The molecule has 0 spiro atoms. The summed E-state index contributed by atoms with van der Waals surface area (Å²) in [5.74, 6) is 0.0639. The Balaban J connectivity index is 1.98. The molecule has 3 amide bonds. The van der Waals surface area contributed by atoms with Gasteiger partial charge in [-0.15, -0.1) is 11.3 Å². The van der Waals surface area contributed by atoms with Crippen LogP contribution in [0.4, 0.5) is 4.79 Å². The van der Waals surface area contributed by atoms with Crippen LogP contribution < -0.4 is 11.1 Å². The van der Waals surface area contributed by atoms with Gasteiger partial charge in [-0.1, -0.05) is 25.3 Å². The summed E-state index contributed by atoms with van der Waals surface area (Å²) in [6, 6.07) is 3.23. The molecule has 3 N–H and O–H groups in total. The summed E-state index contributed by atoms with van der Waals surface area (Å²) in [6.45, 7) is 0. The minimum absolute atomic E-state index is 0.0639. The topological polar surface area (TPSA) is 75.4 Å². The lowest BCUT2D eigenvalue weighted by atomic mass is 9.94. The van der Waals surface area contributed by atoms with Gasteiger partial charge < -0.3 is 16.0 Å². The first-order valence-electron chi connectivity index (χ1n) is 7.43. The van der Waals surface area contributed by atoms with E-state index < -0.39 is 6.03 Å². The van der Waals surface area contributed by atoms with E-state index in [1.807, 2.05) is 29.5 Å². The Morgan fingerprint density at radius 2 is 2.14 bits per heavy atom. The highest BCUT2D eigenvalue weighted by Gasteiger charge is 2.25. The highest BCUT2D eigenvalue weighted by atomic mass is 32.1. The predicted molar refractivity (Wildman–Crippen MR) is 84.0 cm³/mol. The van der Waals surface area contributed by atoms with Crippen LogP contribution in [-0.4, -0.2) is 29.9 Å². The lowest BCUT2D eigenvalue weighted by Gasteiger charge is -2.32. The van der Waals surface area contributed by atoms with Gasteiger partial charge in [-0.25, -0.2) is 4.79 Å². The number of amides is 3. The van der Waals surface area contributed by atoms with Crippen LogP contribution in [0.3, 0.4) is 0 Å². The maximum atomic E-state index is 12.5. The van der Waals surface area contributed by atoms with Gasteiger partial charge in [-0.2, -0.15) is 0 Å². The number of hydrogen-bond acceptors (Lipinski definition) is 3. The zero-order valence-electron chi connectivity index (χ0n) is 12.4. The van der Waals surface area contributed by atoms with Gasteiger partial charge in [0.25, 0.3) is 0 Å². The van der Waals surface area contributed by atoms with Gasteiger partial charge in [0.2, 0.25) is 5.91 Å². The van der Waals surface area contributed by atoms with Crippen LogP contribution in [0, 0.1) is 0 Å². The summed E-state index contributed by atoms with van der Waals surface area (Å²) in [6.07, 6.45) is 6.06. The van der Waals surface area contributed by atoms with Gasteiger partial charge in [0.15, 0.2) is 0 Å². The van der Waals surface area contributed by atoms with E-state index in [9.17, 15) is 9.59 Å². The van der Waals surface area contributed by atoms with Crippen LogP contribution in [0.2, 0.25) is 0 Å². The number of carbonyl (C=O) groups is 2. The summed E-state index contributed by atoms with van der Waals surface area (Å²) >= 11 is 1.52. The second kappa shape index (κ2) is 7.45. The van der Waals surface area contributed by atoms with Crippen molar-refractivity contribution < 1.29 is 9.59 Å². The second-order valence-corrected chi connectivity index (χ2v) is 6.56. The van der Waals surface area contributed by atoms with Gasteiger partial charge in [0.05, 0.1) is 12.5 Å². The number of nitrogens with zero attached hydrogens (tertiary/aromatic N) is 1. The molecule has 0 saturated heterocycles. The lowest BCUT2D eigenvalue weighted by molar-refractivity contribution is -0.133. The minimum Gasteiger partial charge on any atom is -0.352 e. The fourth-order valence-corrected chi connectivity index (χ4v) is 3.65. The van der Waals surface area contributed by atoms with Crippen molar-refractivity contribution in [2.45, 2.75) is 50.6 Å². The van der Waals surface area contributed by atoms with Crippen LogP contribution in [0.25, 0.3) is 0 Å². The van der Waals surface area contributed by atoms with E-state index in [4.69, 9.17) is 5.73 Å². The summed E-state index contributed by atoms with van der Waals surface area (Å²) in [4.78, 5) is 26.4. The number of nitrogens with one attached hydrogen (secondary N) is 1. The first kappa shape index (κ1) is 15.8. The molecular weight excluding hydrogens is 286 g/mol. The minimum atomic E-state index is -0.596. The van der Waals surface area contributed by atoms with Gasteiger partial charge >= 0.3 is 6.03 Å². The predicted octanol–water partition coefficient (Wildman–Crippen LogP) is 2.64. The van der Waals surface area contributed by atoms with Crippen LogP contribution in [0.15, 0.2) is 17.5 Å². The molecule has 5 nitrogen and oxygen atoms in total. The fourth-order valence-electron chi connectivity index (χ4n) is 2.87. The van der Waals surface area contributed by atoms with Gasteiger partial charge in [0.1, 0.15) is 0 Å². The Hall–Kier alpha value is -1.56. The molecular formula is C15H23N3O2S. The largest absolute Gasteiger partial charge is 0.352 e. The second-order valence-electron chi connectivity index (χ2n) is 5.58. The van der Waals surface area contributed by atoms with E-state index in [1.165, 1.54) is 30.6 Å². The Kier molecular flexibility index (Phi) is 5.61. The Morgan fingerprint density at radius 1 is 1.43 bits per heavy atom. The molecule has 0 aromatic carbocycles. The molecule has 1 fully saturated rings. The number of nitrogens with two attached hydrogens (primary N) is 1. The first-order chi connectivity index (χ1) is 10.1. The molecule has 6 heteroatoms. The number of rotatable bonds is 5. The Morgan fingerprint density at radius 3 is 2.71 bits per heavy atom. The van der Waals surface area contributed by atoms with Crippen molar-refractivity contribution in [3.63, 3.8) is 0 Å². The molecule has 21 heavy (non-hydrogen) atoms. The third kappa shape index (κ3) is 4.46. The van der Waals surface area contributed by atoms with Crippen LogP contribution in [0.1, 0.15) is 49.4 Å². The lowest BCUT2D eigenvalue weighted by Crippen LogP contribution is -2.41. The number of thiophene rings is 1. The quantitative estimate of drug-likeness (QED) is 0.877. The van der Waals surface area contributed by atoms with Crippen LogP contribution in [-0.2, 0) is 4.79 Å². The van der Waals surface area contributed by atoms with E-state index in [-0.39, 0.29) is 18.4 Å². The van der Waals surface area contributed by atoms with E-state index in [0.717, 1.165) is 17.7 Å². The van der Waals surface area contributed by atoms with E-state index in [2.05, 4.69) is 5.32 Å². The maximum absolute atomic E-state index is 12.5. The van der Waals surface area contributed by atoms with Crippen molar-refractivity contribution in [1.29, 1.82) is 0 Å². The molecule has 0 radical (unpaired) electrons. The van der Waals surface area contributed by atoms with Crippen molar-refractivity contribution in [2.75, 3.05) is 7.05 Å². The van der Waals surface area contributed by atoms with Gasteiger partial charge in [-0.3, -0.25) is 4.79 Å². The van der Waals surface area contributed by atoms with Crippen LogP contribution in [0.5, 0.6) is 0 Å². The molecule has 1 unspecified atom stereocenters. The fraction of sp³-hybridized carbons (Fsp3) is 0.600. The molecule has 1 saturated carbocycles. The molecule has 1 aliphatic carbocycles. The zero-order chi connectivity index (χ0) is 15.2. The average molecular weight is 309 g/mol. The molecule has 1 heterocycles. The van der Waals surface area contributed by atoms with Crippen molar-refractivity contribution in [2.24, 2.45) is 5.73 Å². The molecule has 0 bridgehead atoms. The number of hydrogen-bond donors (Lipinski definition) is 2. The molecule has 1 aromatic heterocycles. The number of primary amides is 1. The first-order valence-corrected chi connectivity index (χ1v) is 8.31. The summed E-state index contributed by atoms with van der Waals surface area (Å²) < 4.78 is 0. The zero-order valence-corrected chi connectivity index (χ0v) is 13.2. The molecule has 116 valence electrons. The van der Waals surface area contributed by atoms with Crippen molar-refractivity contribution in [3.8, 4) is 0 Å². The molecule has 1 atom stereocenters. The van der Waals surface area contributed by atoms with E-state index in [0.29, 0.717) is 6.04 Å². The highest BCUT2D eigenvalue weighted by Crippen LogP contribution is 2.26. The monoisotopic (exact) mass is 309 g/mol. The van der Waals surface area contributed by atoms with Crippen LogP contribution >= 0.6 is 11.3 Å². The van der Waals surface area contributed by atoms with E-state index in [1.54, 1.807) is 0 Å². The van der Waals surface area contributed by atoms with E-state index >= 15 is 0 Å². The highest BCUT2D eigenvalue weighted by molar-refractivity contribution is 7.10. The maximum Gasteiger partial charge on any atom is 0.312 e. The van der Waals surface area contributed by atoms with Gasteiger partial charge in [-0.05, 0) is 24.3 Å². The van der Waals surface area contributed by atoms with Crippen molar-refractivity contribution in [3.05, 3.63) is 22.4 Å². The Labute approximate surface area is 129 Å². The SMILES string of the molecule is CN(C(=O)CC(NC(N)=O)c1cccs1)C1CCCCC1. The molecule has 1 aromatic rings. The third-order valence-corrected chi connectivity index (χ3v) is 5.08. The Bertz CT molecular complexity index is 469. The van der Waals surface area contributed by atoms with Crippen molar-refractivity contribution in [1.82, 2.24) is 10.2 Å². The number of carbonyl (C=O) groups excluding carboxylic acids is 2. The van der Waals surface area contributed by atoms with Crippen molar-refractivity contribution >= 4 is 23.3 Å². The average Bonchev–Trinajstić information content (AvgIpc) is 3.00. The summed E-state index contributed by atoms with van der Waals surface area (Å²) in [5.41, 5.74) is 5.22. The number of urea groups is 1. The standard InChI is InChI=1S/C15H23N3O2S/c1-18(11-6-3-2-4-7-11)14(19)10-12(17-15(16)20)13-8-5-9-21-13/h5,8-9,11-12H,2-4,6-7,10H2,1H3,(H3,16,17,20).